The van der Waals surface area contributed by atoms with Crippen LogP contribution in [0.4, 0.5) is 0 Å². The average molecular weight is 425 g/mol. The van der Waals surface area contributed by atoms with E-state index in [0.717, 1.165) is 32.1 Å². The second kappa shape index (κ2) is 11.3. The first-order valence-electron chi connectivity index (χ1n) is 10.3. The minimum absolute atomic E-state index is 0.135. The van der Waals surface area contributed by atoms with E-state index in [1.165, 1.54) is 0 Å². The van der Waals surface area contributed by atoms with Gasteiger partial charge in [-0.2, -0.15) is 0 Å². The third-order valence-corrected chi connectivity index (χ3v) is 5.77. The number of amides is 2. The summed E-state index contributed by atoms with van der Waals surface area (Å²) in [7, 11) is 3.11. The Morgan fingerprint density at radius 2 is 1.83 bits per heavy atom. The van der Waals surface area contributed by atoms with Crippen molar-refractivity contribution in [1.82, 2.24) is 10.2 Å². The molecule has 0 spiro atoms. The largest absolute Gasteiger partial charge is 0.493 e. The number of methoxy groups -OCH3 is 2. The molecule has 1 aromatic rings. The highest BCUT2D eigenvalue weighted by Crippen LogP contribution is 2.33. The zero-order valence-corrected chi connectivity index (χ0v) is 18.6. The lowest BCUT2D eigenvalue weighted by atomic mass is 9.87. The summed E-state index contributed by atoms with van der Waals surface area (Å²) in [5.41, 5.74) is 0.677. The van der Waals surface area contributed by atoms with E-state index in [4.69, 9.17) is 21.1 Å². The van der Waals surface area contributed by atoms with Crippen LogP contribution in [-0.4, -0.2) is 49.4 Å². The van der Waals surface area contributed by atoms with Crippen molar-refractivity contribution >= 4 is 23.4 Å². The molecule has 1 aliphatic rings. The first-order valence-corrected chi connectivity index (χ1v) is 10.9. The summed E-state index contributed by atoms with van der Waals surface area (Å²) in [6.45, 7) is 4.66. The maximum absolute atomic E-state index is 13.4. The van der Waals surface area contributed by atoms with Gasteiger partial charge in [0.25, 0.3) is 0 Å². The number of hydrogen-bond acceptors (Lipinski definition) is 4. The molecule has 1 atom stereocenters. The minimum atomic E-state index is -0.764. The van der Waals surface area contributed by atoms with Crippen molar-refractivity contribution in [2.24, 2.45) is 5.92 Å². The maximum Gasteiger partial charge on any atom is 0.247 e. The van der Waals surface area contributed by atoms with Gasteiger partial charge in [-0.05, 0) is 55.7 Å². The third-order valence-electron chi connectivity index (χ3n) is 5.54. The zero-order chi connectivity index (χ0) is 21.4. The Bertz CT molecular complexity index is 689. The molecule has 1 aromatic carbocycles. The van der Waals surface area contributed by atoms with Gasteiger partial charge in [0.05, 0.1) is 14.2 Å². The number of carbonyl (C=O) groups is 2. The molecule has 29 heavy (non-hydrogen) atoms. The molecular formula is C22H33ClN2O4. The summed E-state index contributed by atoms with van der Waals surface area (Å²) in [6.07, 6.45) is 4.85. The fraction of sp³-hybridized carbons (Fsp3) is 0.636. The van der Waals surface area contributed by atoms with E-state index >= 15 is 0 Å². The van der Waals surface area contributed by atoms with Crippen LogP contribution >= 0.6 is 11.6 Å². The SMILES string of the molecule is CCCN(C(=O)CCl)[C@H](C(=O)NC1CCC(C)CC1)c1ccc(OC)c(OC)c1. The molecule has 0 heterocycles. The Morgan fingerprint density at radius 3 is 2.38 bits per heavy atom. The number of rotatable bonds is 9. The van der Waals surface area contributed by atoms with Crippen LogP contribution in [0.5, 0.6) is 11.5 Å². The van der Waals surface area contributed by atoms with E-state index < -0.39 is 6.04 Å². The fourth-order valence-electron chi connectivity index (χ4n) is 3.90. The van der Waals surface area contributed by atoms with Crippen molar-refractivity contribution in [3.8, 4) is 11.5 Å². The van der Waals surface area contributed by atoms with Crippen LogP contribution in [0.15, 0.2) is 18.2 Å². The smallest absolute Gasteiger partial charge is 0.247 e. The predicted octanol–water partition coefficient (Wildman–Crippen LogP) is 3.92. The van der Waals surface area contributed by atoms with E-state index in [2.05, 4.69) is 12.2 Å². The van der Waals surface area contributed by atoms with E-state index in [0.29, 0.717) is 29.5 Å². The third kappa shape index (κ3) is 6.01. The number of nitrogens with zero attached hydrogens (tertiary/aromatic N) is 1. The van der Waals surface area contributed by atoms with E-state index in [1.54, 1.807) is 37.3 Å². The summed E-state index contributed by atoms with van der Waals surface area (Å²) < 4.78 is 10.7. The number of alkyl halides is 1. The van der Waals surface area contributed by atoms with Crippen LogP contribution in [0.3, 0.4) is 0 Å². The molecule has 0 aliphatic heterocycles. The highest BCUT2D eigenvalue weighted by molar-refractivity contribution is 6.27. The highest BCUT2D eigenvalue weighted by atomic mass is 35.5. The lowest BCUT2D eigenvalue weighted by molar-refractivity contribution is -0.139. The Balaban J connectivity index is 2.36. The predicted molar refractivity (Wildman–Crippen MR) is 115 cm³/mol. The molecule has 162 valence electrons. The molecule has 7 heteroatoms. The Hall–Kier alpha value is -1.95. The second-order valence-corrected chi connectivity index (χ2v) is 7.97. The molecule has 2 amide bonds. The first kappa shape index (κ1) is 23.3. The van der Waals surface area contributed by atoms with Crippen molar-refractivity contribution in [2.45, 2.75) is 58.0 Å². The van der Waals surface area contributed by atoms with Crippen molar-refractivity contribution < 1.29 is 19.1 Å². The molecule has 1 aliphatic carbocycles. The van der Waals surface area contributed by atoms with Crippen LogP contribution in [0.25, 0.3) is 0 Å². The summed E-state index contributed by atoms with van der Waals surface area (Å²) in [4.78, 5) is 27.5. The Labute approximate surface area is 178 Å². The van der Waals surface area contributed by atoms with Gasteiger partial charge < -0.3 is 19.7 Å². The van der Waals surface area contributed by atoms with Crippen molar-refractivity contribution in [2.75, 3.05) is 26.6 Å². The first-order chi connectivity index (χ1) is 13.9. The van der Waals surface area contributed by atoms with Crippen LogP contribution in [0, 0.1) is 5.92 Å². The summed E-state index contributed by atoms with van der Waals surface area (Å²) in [6, 6.07) is 4.69. The number of carbonyl (C=O) groups excluding carboxylic acids is 2. The summed E-state index contributed by atoms with van der Waals surface area (Å²) in [5.74, 6) is 1.17. The molecule has 0 saturated heterocycles. The lowest BCUT2D eigenvalue weighted by Gasteiger charge is -2.34. The van der Waals surface area contributed by atoms with Gasteiger partial charge in [0, 0.05) is 12.6 Å². The molecule has 1 N–H and O–H groups in total. The van der Waals surface area contributed by atoms with Gasteiger partial charge in [0.2, 0.25) is 11.8 Å². The van der Waals surface area contributed by atoms with E-state index in [-0.39, 0.29) is 23.7 Å². The number of nitrogens with one attached hydrogen (secondary N) is 1. The maximum atomic E-state index is 13.4. The molecule has 6 nitrogen and oxygen atoms in total. The minimum Gasteiger partial charge on any atom is -0.493 e. The molecule has 0 bridgehead atoms. The fourth-order valence-corrected chi connectivity index (χ4v) is 4.05. The number of benzene rings is 1. The van der Waals surface area contributed by atoms with E-state index in [1.807, 2.05) is 6.92 Å². The van der Waals surface area contributed by atoms with Gasteiger partial charge in [-0.15, -0.1) is 11.6 Å². The van der Waals surface area contributed by atoms with Crippen LogP contribution in [0.1, 0.15) is 57.6 Å². The standard InChI is InChI=1S/C22H33ClN2O4/c1-5-12-25(20(26)14-23)21(16-8-11-18(28-3)19(13-16)29-4)22(27)24-17-9-6-15(2)7-10-17/h8,11,13,15,17,21H,5-7,9-10,12,14H2,1-4H3,(H,24,27)/t15?,17?,21-/m0/s1. The van der Waals surface area contributed by atoms with Crippen LogP contribution in [-0.2, 0) is 9.59 Å². The molecule has 1 saturated carbocycles. The average Bonchev–Trinajstić information content (AvgIpc) is 2.74. The van der Waals surface area contributed by atoms with E-state index in [9.17, 15) is 9.59 Å². The molecule has 0 unspecified atom stereocenters. The molecule has 0 radical (unpaired) electrons. The van der Waals surface area contributed by atoms with Crippen molar-refractivity contribution in [3.63, 3.8) is 0 Å². The topological polar surface area (TPSA) is 67.9 Å². The normalized spacial score (nSPS) is 19.9. The van der Waals surface area contributed by atoms with Crippen molar-refractivity contribution in [1.29, 1.82) is 0 Å². The molecule has 1 fully saturated rings. The van der Waals surface area contributed by atoms with Crippen LogP contribution in [0.2, 0.25) is 0 Å². The lowest BCUT2D eigenvalue weighted by Crippen LogP contribution is -2.48. The zero-order valence-electron chi connectivity index (χ0n) is 17.9. The van der Waals surface area contributed by atoms with Gasteiger partial charge in [-0.3, -0.25) is 9.59 Å². The molecule has 2 rings (SSSR count). The molecular weight excluding hydrogens is 392 g/mol. The van der Waals surface area contributed by atoms with Gasteiger partial charge in [0.1, 0.15) is 11.9 Å². The van der Waals surface area contributed by atoms with Gasteiger partial charge >= 0.3 is 0 Å². The molecule has 0 aromatic heterocycles. The van der Waals surface area contributed by atoms with Crippen LogP contribution < -0.4 is 14.8 Å². The summed E-state index contributed by atoms with van der Waals surface area (Å²) in [5, 5.41) is 3.17. The second-order valence-electron chi connectivity index (χ2n) is 7.70. The number of hydrogen-bond donors (Lipinski definition) is 1. The van der Waals surface area contributed by atoms with Gasteiger partial charge in [-0.1, -0.05) is 19.9 Å². The van der Waals surface area contributed by atoms with Crippen molar-refractivity contribution in [3.05, 3.63) is 23.8 Å². The quantitative estimate of drug-likeness (QED) is 0.610. The monoisotopic (exact) mass is 424 g/mol. The summed E-state index contributed by atoms with van der Waals surface area (Å²) >= 11 is 5.87. The highest BCUT2D eigenvalue weighted by Gasteiger charge is 2.33. The van der Waals surface area contributed by atoms with Gasteiger partial charge in [0.15, 0.2) is 11.5 Å². The Kier molecular flexibility index (Phi) is 9.08. The number of halogens is 1. The van der Waals surface area contributed by atoms with Gasteiger partial charge in [-0.25, -0.2) is 0 Å². The number of ether oxygens (including phenoxy) is 2. The Morgan fingerprint density at radius 1 is 1.17 bits per heavy atom.